The molecule has 0 aliphatic carbocycles. The van der Waals surface area contributed by atoms with E-state index in [1.165, 1.54) is 6.07 Å². The number of likely N-dealkylation sites (tertiary alicyclic amines) is 1. The molecule has 5 nitrogen and oxygen atoms in total. The third-order valence-corrected chi connectivity index (χ3v) is 4.96. The Balaban J connectivity index is 1.67. The van der Waals surface area contributed by atoms with Gasteiger partial charge in [0.05, 0.1) is 11.7 Å². The number of rotatable bonds is 4. The first-order chi connectivity index (χ1) is 13.2. The van der Waals surface area contributed by atoms with E-state index in [-0.39, 0.29) is 17.4 Å². The standard InChI is InChI=1S/C21H21FN4O/c22-16-8-2-1-7-15(16)14-26-12-6-4-10-19(26)18-13-20(27)25-21(24-18)17-9-3-5-11-23-17/h1-3,5,7-9,11,13,19H,4,6,10,12,14H2,(H,24,25,27)/t19-/m1/s1. The van der Waals surface area contributed by atoms with Crippen LogP contribution in [0.25, 0.3) is 11.5 Å². The molecule has 3 aromatic rings. The molecule has 2 aromatic heterocycles. The molecule has 0 saturated carbocycles. The lowest BCUT2D eigenvalue weighted by Gasteiger charge is -2.35. The molecule has 27 heavy (non-hydrogen) atoms. The number of nitrogens with zero attached hydrogens (tertiary/aromatic N) is 3. The molecule has 0 spiro atoms. The van der Waals surface area contributed by atoms with E-state index in [0.29, 0.717) is 23.6 Å². The molecular formula is C21H21FN4O. The van der Waals surface area contributed by atoms with Gasteiger partial charge < -0.3 is 4.98 Å². The first-order valence-electron chi connectivity index (χ1n) is 9.21. The van der Waals surface area contributed by atoms with Gasteiger partial charge in [-0.3, -0.25) is 14.7 Å². The van der Waals surface area contributed by atoms with E-state index >= 15 is 0 Å². The van der Waals surface area contributed by atoms with Crippen LogP contribution in [0.15, 0.2) is 59.5 Å². The lowest BCUT2D eigenvalue weighted by atomic mass is 9.98. The van der Waals surface area contributed by atoms with Crippen molar-refractivity contribution in [2.75, 3.05) is 6.54 Å². The SMILES string of the molecule is O=c1cc([C@H]2CCCCN2Cc2ccccc2F)nc(-c2ccccn2)[nH]1. The summed E-state index contributed by atoms with van der Waals surface area (Å²) in [5, 5.41) is 0. The largest absolute Gasteiger partial charge is 0.305 e. The average molecular weight is 364 g/mol. The van der Waals surface area contributed by atoms with Gasteiger partial charge >= 0.3 is 0 Å². The Kier molecular flexibility index (Phi) is 5.07. The van der Waals surface area contributed by atoms with Gasteiger partial charge in [-0.05, 0) is 37.6 Å². The Labute approximate surface area is 156 Å². The van der Waals surface area contributed by atoms with Crippen LogP contribution in [0.1, 0.15) is 36.6 Å². The van der Waals surface area contributed by atoms with Gasteiger partial charge in [0, 0.05) is 24.4 Å². The van der Waals surface area contributed by atoms with Crippen molar-refractivity contribution in [3.05, 3.63) is 82.2 Å². The summed E-state index contributed by atoms with van der Waals surface area (Å²) in [5.74, 6) is 0.268. The fourth-order valence-electron chi connectivity index (χ4n) is 3.63. The van der Waals surface area contributed by atoms with Crippen LogP contribution in [-0.2, 0) is 6.54 Å². The van der Waals surface area contributed by atoms with Gasteiger partial charge in [-0.15, -0.1) is 0 Å². The summed E-state index contributed by atoms with van der Waals surface area (Å²) in [4.78, 5) is 26.2. The Bertz CT molecular complexity index is 973. The number of aromatic amines is 1. The van der Waals surface area contributed by atoms with E-state index in [1.54, 1.807) is 18.3 Å². The molecule has 1 N–H and O–H groups in total. The van der Waals surface area contributed by atoms with Crippen LogP contribution in [0, 0.1) is 5.82 Å². The molecule has 138 valence electrons. The number of benzene rings is 1. The maximum Gasteiger partial charge on any atom is 0.251 e. The molecule has 0 radical (unpaired) electrons. The molecule has 1 aliphatic heterocycles. The molecule has 1 aromatic carbocycles. The number of hydrogen-bond donors (Lipinski definition) is 1. The minimum atomic E-state index is -0.199. The average Bonchev–Trinajstić information content (AvgIpc) is 2.70. The minimum absolute atomic E-state index is 0.0110. The molecular weight excluding hydrogens is 343 g/mol. The second kappa shape index (κ2) is 7.80. The number of halogens is 1. The van der Waals surface area contributed by atoms with Crippen molar-refractivity contribution in [2.45, 2.75) is 31.8 Å². The first-order valence-corrected chi connectivity index (χ1v) is 9.21. The summed E-state index contributed by atoms with van der Waals surface area (Å²) >= 11 is 0. The topological polar surface area (TPSA) is 61.9 Å². The molecule has 0 unspecified atom stereocenters. The smallest absolute Gasteiger partial charge is 0.251 e. The van der Waals surface area contributed by atoms with Crippen molar-refractivity contribution >= 4 is 0 Å². The summed E-state index contributed by atoms with van der Waals surface area (Å²) in [6.07, 6.45) is 4.69. The molecule has 1 atom stereocenters. The van der Waals surface area contributed by atoms with Gasteiger partial charge in [-0.2, -0.15) is 0 Å². The minimum Gasteiger partial charge on any atom is -0.305 e. The van der Waals surface area contributed by atoms with Crippen LogP contribution in [0.4, 0.5) is 4.39 Å². The zero-order valence-corrected chi connectivity index (χ0v) is 14.9. The number of H-pyrrole nitrogens is 1. The highest BCUT2D eigenvalue weighted by Crippen LogP contribution is 2.31. The fourth-order valence-corrected chi connectivity index (χ4v) is 3.63. The highest BCUT2D eigenvalue weighted by Gasteiger charge is 2.26. The van der Waals surface area contributed by atoms with E-state index in [9.17, 15) is 9.18 Å². The summed E-state index contributed by atoms with van der Waals surface area (Å²) in [5.41, 5.74) is 1.82. The van der Waals surface area contributed by atoms with Crippen molar-refractivity contribution in [3.63, 3.8) is 0 Å². The van der Waals surface area contributed by atoms with E-state index in [4.69, 9.17) is 0 Å². The van der Waals surface area contributed by atoms with Crippen molar-refractivity contribution in [3.8, 4) is 11.5 Å². The van der Waals surface area contributed by atoms with Crippen LogP contribution in [-0.4, -0.2) is 26.4 Å². The number of nitrogens with one attached hydrogen (secondary N) is 1. The molecule has 0 amide bonds. The summed E-state index contributed by atoms with van der Waals surface area (Å²) in [7, 11) is 0. The summed E-state index contributed by atoms with van der Waals surface area (Å²) < 4.78 is 14.1. The number of pyridine rings is 1. The third-order valence-electron chi connectivity index (χ3n) is 4.96. The van der Waals surface area contributed by atoms with Crippen LogP contribution in [0.3, 0.4) is 0 Å². The zero-order valence-electron chi connectivity index (χ0n) is 14.9. The lowest BCUT2D eigenvalue weighted by Crippen LogP contribution is -2.34. The van der Waals surface area contributed by atoms with Crippen molar-refractivity contribution in [1.82, 2.24) is 19.9 Å². The normalized spacial score (nSPS) is 17.7. The van der Waals surface area contributed by atoms with Gasteiger partial charge in [0.15, 0.2) is 5.82 Å². The number of piperidine rings is 1. The van der Waals surface area contributed by atoms with Gasteiger partial charge in [0.25, 0.3) is 5.56 Å². The monoisotopic (exact) mass is 364 g/mol. The van der Waals surface area contributed by atoms with Crippen molar-refractivity contribution in [2.24, 2.45) is 0 Å². The van der Waals surface area contributed by atoms with Crippen LogP contribution in [0.2, 0.25) is 0 Å². The second-order valence-electron chi connectivity index (χ2n) is 6.81. The number of hydrogen-bond acceptors (Lipinski definition) is 4. The molecule has 1 fully saturated rings. The van der Waals surface area contributed by atoms with E-state index < -0.39 is 0 Å². The quantitative estimate of drug-likeness (QED) is 0.767. The molecule has 4 rings (SSSR count). The molecule has 1 aliphatic rings. The maximum absolute atomic E-state index is 14.1. The molecule has 6 heteroatoms. The van der Waals surface area contributed by atoms with Crippen molar-refractivity contribution < 1.29 is 4.39 Å². The highest BCUT2D eigenvalue weighted by molar-refractivity contribution is 5.48. The Morgan fingerprint density at radius 1 is 1.15 bits per heavy atom. The van der Waals surface area contributed by atoms with Gasteiger partial charge in [0.2, 0.25) is 0 Å². The predicted molar refractivity (Wildman–Crippen MR) is 101 cm³/mol. The van der Waals surface area contributed by atoms with E-state index in [0.717, 1.165) is 31.5 Å². The fraction of sp³-hybridized carbons (Fsp3) is 0.286. The predicted octanol–water partition coefficient (Wildman–Crippen LogP) is 3.70. The van der Waals surface area contributed by atoms with E-state index in [2.05, 4.69) is 19.9 Å². The van der Waals surface area contributed by atoms with Crippen LogP contribution >= 0.6 is 0 Å². The van der Waals surface area contributed by atoms with Crippen LogP contribution in [0.5, 0.6) is 0 Å². The molecule has 0 bridgehead atoms. The van der Waals surface area contributed by atoms with Crippen LogP contribution < -0.4 is 5.56 Å². The Morgan fingerprint density at radius 2 is 2.00 bits per heavy atom. The zero-order chi connectivity index (χ0) is 18.6. The highest BCUT2D eigenvalue weighted by atomic mass is 19.1. The summed E-state index contributed by atoms with van der Waals surface area (Å²) in [6.45, 7) is 1.36. The van der Waals surface area contributed by atoms with Gasteiger partial charge in [-0.1, -0.05) is 30.7 Å². The summed E-state index contributed by atoms with van der Waals surface area (Å²) in [6, 6.07) is 13.9. The Morgan fingerprint density at radius 3 is 2.81 bits per heavy atom. The molecule has 3 heterocycles. The third kappa shape index (κ3) is 3.95. The van der Waals surface area contributed by atoms with E-state index in [1.807, 2.05) is 30.3 Å². The maximum atomic E-state index is 14.1. The molecule has 1 saturated heterocycles. The number of aromatic nitrogens is 3. The lowest BCUT2D eigenvalue weighted by molar-refractivity contribution is 0.135. The first kappa shape index (κ1) is 17.5. The van der Waals surface area contributed by atoms with Gasteiger partial charge in [-0.25, -0.2) is 9.37 Å². The van der Waals surface area contributed by atoms with Crippen molar-refractivity contribution in [1.29, 1.82) is 0 Å². The Hall–Kier alpha value is -2.86. The second-order valence-corrected chi connectivity index (χ2v) is 6.81. The van der Waals surface area contributed by atoms with Gasteiger partial charge in [0.1, 0.15) is 11.5 Å².